The van der Waals surface area contributed by atoms with Gasteiger partial charge in [0.1, 0.15) is 5.82 Å². The van der Waals surface area contributed by atoms with Crippen molar-refractivity contribution in [1.29, 1.82) is 0 Å². The smallest absolute Gasteiger partial charge is 0.221 e. The van der Waals surface area contributed by atoms with Gasteiger partial charge in [0.15, 0.2) is 6.29 Å². The average molecular weight is 181 g/mol. The highest BCUT2D eigenvalue weighted by Crippen LogP contribution is 2.12. The zero-order chi connectivity index (χ0) is 9.84. The minimum absolute atomic E-state index is 0.0193. The Morgan fingerprint density at radius 1 is 1.54 bits per heavy atom. The number of nitrogens with one attached hydrogen (secondary N) is 1. The van der Waals surface area contributed by atoms with Crippen LogP contribution in [0.1, 0.15) is 17.3 Å². The Morgan fingerprint density at radius 3 is 2.69 bits per heavy atom. The van der Waals surface area contributed by atoms with E-state index in [9.17, 15) is 14.0 Å². The van der Waals surface area contributed by atoms with Gasteiger partial charge in [0.2, 0.25) is 5.91 Å². The van der Waals surface area contributed by atoms with Gasteiger partial charge < -0.3 is 5.32 Å². The van der Waals surface area contributed by atoms with Crippen LogP contribution in [-0.2, 0) is 4.79 Å². The van der Waals surface area contributed by atoms with Crippen LogP contribution in [0.4, 0.5) is 10.1 Å². The molecule has 1 N–H and O–H groups in total. The highest BCUT2D eigenvalue weighted by Gasteiger charge is 2.02. The summed E-state index contributed by atoms with van der Waals surface area (Å²) >= 11 is 0. The molecule has 0 aliphatic heterocycles. The van der Waals surface area contributed by atoms with Gasteiger partial charge in [-0.2, -0.15) is 0 Å². The van der Waals surface area contributed by atoms with Gasteiger partial charge >= 0.3 is 0 Å². The predicted octanol–water partition coefficient (Wildman–Crippen LogP) is 1.60. The molecule has 1 rings (SSSR count). The molecular formula is C9H8FNO2. The highest BCUT2D eigenvalue weighted by molar-refractivity contribution is 5.89. The number of amides is 1. The van der Waals surface area contributed by atoms with E-state index in [1.807, 2.05) is 0 Å². The Bertz CT molecular complexity index is 349. The molecule has 1 aromatic rings. The van der Waals surface area contributed by atoms with Gasteiger partial charge in [-0.3, -0.25) is 9.59 Å². The maximum Gasteiger partial charge on any atom is 0.221 e. The van der Waals surface area contributed by atoms with Crippen molar-refractivity contribution in [3.8, 4) is 0 Å². The van der Waals surface area contributed by atoms with Gasteiger partial charge in [-0.25, -0.2) is 4.39 Å². The first-order valence-electron chi connectivity index (χ1n) is 3.66. The minimum Gasteiger partial charge on any atom is -0.326 e. The molecular weight excluding hydrogens is 173 g/mol. The van der Waals surface area contributed by atoms with Crippen molar-refractivity contribution in [3.63, 3.8) is 0 Å². The van der Waals surface area contributed by atoms with Crippen LogP contribution in [0.15, 0.2) is 18.2 Å². The summed E-state index contributed by atoms with van der Waals surface area (Å²) in [4.78, 5) is 20.8. The second-order valence-corrected chi connectivity index (χ2v) is 2.54. The van der Waals surface area contributed by atoms with Gasteiger partial charge in [-0.15, -0.1) is 0 Å². The Balaban J connectivity index is 2.95. The predicted molar refractivity (Wildman–Crippen MR) is 46.1 cm³/mol. The number of anilines is 1. The van der Waals surface area contributed by atoms with E-state index in [4.69, 9.17) is 0 Å². The summed E-state index contributed by atoms with van der Waals surface area (Å²) in [5.74, 6) is -0.917. The Labute approximate surface area is 74.6 Å². The van der Waals surface area contributed by atoms with Crippen LogP contribution in [0.2, 0.25) is 0 Å². The van der Waals surface area contributed by atoms with Gasteiger partial charge in [0.05, 0.1) is 5.56 Å². The number of hydrogen-bond donors (Lipinski definition) is 1. The molecule has 68 valence electrons. The molecule has 0 aliphatic carbocycles. The highest BCUT2D eigenvalue weighted by atomic mass is 19.1. The van der Waals surface area contributed by atoms with Crippen LogP contribution in [0, 0.1) is 5.82 Å². The van der Waals surface area contributed by atoms with E-state index in [0.29, 0.717) is 12.0 Å². The molecule has 3 nitrogen and oxygen atoms in total. The van der Waals surface area contributed by atoms with Crippen molar-refractivity contribution in [2.24, 2.45) is 0 Å². The van der Waals surface area contributed by atoms with E-state index in [-0.39, 0.29) is 11.5 Å². The monoisotopic (exact) mass is 181 g/mol. The molecule has 0 radical (unpaired) electrons. The lowest BCUT2D eigenvalue weighted by atomic mass is 10.2. The number of rotatable bonds is 2. The summed E-state index contributed by atoms with van der Waals surface area (Å²) in [6, 6.07) is 3.88. The van der Waals surface area contributed by atoms with E-state index in [2.05, 4.69) is 5.32 Å². The summed E-state index contributed by atoms with van der Waals surface area (Å²) in [6.07, 6.45) is 0.423. The third kappa shape index (κ3) is 2.37. The number of aldehydes is 1. The fourth-order valence-corrected chi connectivity index (χ4v) is 0.904. The summed E-state index contributed by atoms with van der Waals surface area (Å²) in [5.41, 5.74) is 0.324. The molecule has 0 saturated carbocycles. The molecule has 0 unspecified atom stereocenters. The Morgan fingerprint density at radius 2 is 2.23 bits per heavy atom. The summed E-state index contributed by atoms with van der Waals surface area (Å²) < 4.78 is 12.9. The van der Waals surface area contributed by atoms with E-state index in [1.54, 1.807) is 0 Å². The third-order valence-electron chi connectivity index (χ3n) is 1.45. The van der Waals surface area contributed by atoms with Crippen molar-refractivity contribution >= 4 is 17.9 Å². The van der Waals surface area contributed by atoms with Gasteiger partial charge in [-0.05, 0) is 18.2 Å². The first-order chi connectivity index (χ1) is 6.13. The molecule has 0 aliphatic rings. The molecule has 0 atom stereocenters. The van der Waals surface area contributed by atoms with Crippen molar-refractivity contribution < 1.29 is 14.0 Å². The van der Waals surface area contributed by atoms with Crippen LogP contribution >= 0.6 is 0 Å². The average Bonchev–Trinajstić information content (AvgIpc) is 2.03. The van der Waals surface area contributed by atoms with E-state index in [1.165, 1.54) is 19.1 Å². The maximum absolute atomic E-state index is 12.9. The zero-order valence-electron chi connectivity index (χ0n) is 7.00. The van der Waals surface area contributed by atoms with Crippen molar-refractivity contribution in [2.45, 2.75) is 6.92 Å². The van der Waals surface area contributed by atoms with Crippen LogP contribution in [0.5, 0.6) is 0 Å². The van der Waals surface area contributed by atoms with Crippen LogP contribution in [0.3, 0.4) is 0 Å². The van der Waals surface area contributed by atoms with Crippen LogP contribution < -0.4 is 5.32 Å². The Kier molecular flexibility index (Phi) is 2.74. The molecule has 4 heteroatoms. The Hall–Kier alpha value is -1.71. The van der Waals surface area contributed by atoms with Crippen molar-refractivity contribution in [1.82, 2.24) is 0 Å². The van der Waals surface area contributed by atoms with E-state index in [0.717, 1.165) is 6.07 Å². The first kappa shape index (κ1) is 9.38. The number of hydrogen-bond acceptors (Lipinski definition) is 2. The van der Waals surface area contributed by atoms with Crippen LogP contribution in [0.25, 0.3) is 0 Å². The van der Waals surface area contributed by atoms with Gasteiger partial charge in [0.25, 0.3) is 0 Å². The second kappa shape index (κ2) is 3.80. The molecule has 0 fully saturated rings. The SMILES string of the molecule is CC(=O)Nc1ccc(C=O)c(F)c1. The van der Waals surface area contributed by atoms with Crippen LogP contribution in [-0.4, -0.2) is 12.2 Å². The van der Waals surface area contributed by atoms with Crippen molar-refractivity contribution in [2.75, 3.05) is 5.32 Å². The summed E-state index contributed by atoms with van der Waals surface area (Å²) in [5, 5.41) is 2.40. The molecule has 13 heavy (non-hydrogen) atoms. The minimum atomic E-state index is -0.638. The lowest BCUT2D eigenvalue weighted by Crippen LogP contribution is -2.06. The fourth-order valence-electron chi connectivity index (χ4n) is 0.904. The third-order valence-corrected chi connectivity index (χ3v) is 1.45. The number of benzene rings is 1. The normalized spacial score (nSPS) is 9.38. The largest absolute Gasteiger partial charge is 0.326 e. The molecule has 0 heterocycles. The van der Waals surface area contributed by atoms with E-state index < -0.39 is 5.82 Å². The molecule has 1 aromatic carbocycles. The molecule has 0 aromatic heterocycles. The number of carbonyl (C=O) groups is 2. The lowest BCUT2D eigenvalue weighted by molar-refractivity contribution is -0.114. The topological polar surface area (TPSA) is 46.2 Å². The van der Waals surface area contributed by atoms with Crippen molar-refractivity contribution in [3.05, 3.63) is 29.6 Å². The quantitative estimate of drug-likeness (QED) is 0.704. The second-order valence-electron chi connectivity index (χ2n) is 2.54. The lowest BCUT2D eigenvalue weighted by Gasteiger charge is -2.02. The summed E-state index contributed by atoms with van der Waals surface area (Å²) in [7, 11) is 0. The zero-order valence-corrected chi connectivity index (χ0v) is 7.00. The van der Waals surface area contributed by atoms with E-state index >= 15 is 0 Å². The maximum atomic E-state index is 12.9. The molecule has 0 saturated heterocycles. The first-order valence-corrected chi connectivity index (χ1v) is 3.66. The number of halogens is 1. The standard InChI is InChI=1S/C9H8FNO2/c1-6(13)11-8-3-2-7(5-12)9(10)4-8/h2-5H,1H3,(H,11,13). The fraction of sp³-hybridized carbons (Fsp3) is 0.111. The summed E-state index contributed by atoms with van der Waals surface area (Å²) in [6.45, 7) is 1.32. The molecule has 1 amide bonds. The van der Waals surface area contributed by atoms with Gasteiger partial charge in [0, 0.05) is 12.6 Å². The number of carbonyl (C=O) groups excluding carboxylic acids is 2. The molecule has 0 spiro atoms. The molecule has 0 bridgehead atoms. The van der Waals surface area contributed by atoms with Gasteiger partial charge in [-0.1, -0.05) is 0 Å².